The fourth-order valence-electron chi connectivity index (χ4n) is 1.92. The molecule has 0 aliphatic carbocycles. The first-order valence-corrected chi connectivity index (χ1v) is 6.65. The zero-order valence-corrected chi connectivity index (χ0v) is 11.5. The molecular weight excluding hydrogens is 268 g/mol. The van der Waals surface area contributed by atoms with Crippen LogP contribution in [0.4, 0.5) is 8.78 Å². The van der Waals surface area contributed by atoms with Crippen molar-refractivity contribution in [3.05, 3.63) is 35.4 Å². The largest absolute Gasteiger partial charge is 0.394 e. The molecule has 2 atom stereocenters. The van der Waals surface area contributed by atoms with Crippen molar-refractivity contribution in [1.29, 1.82) is 0 Å². The van der Waals surface area contributed by atoms with Gasteiger partial charge in [0.1, 0.15) is 11.6 Å². The van der Waals surface area contributed by atoms with Gasteiger partial charge < -0.3 is 20.3 Å². The lowest BCUT2D eigenvalue weighted by Gasteiger charge is -2.23. The van der Waals surface area contributed by atoms with Crippen molar-refractivity contribution < 1.29 is 23.7 Å². The molecular formula is C14H21F2NO3. The van der Waals surface area contributed by atoms with Crippen molar-refractivity contribution in [2.45, 2.75) is 25.5 Å². The first-order chi connectivity index (χ1) is 9.60. The predicted molar refractivity (Wildman–Crippen MR) is 71.3 cm³/mol. The SMILES string of the molecule is CCC(NCCOCCO)C(O)c1cc(F)ccc1F. The summed E-state index contributed by atoms with van der Waals surface area (Å²) in [6.45, 7) is 2.86. The van der Waals surface area contributed by atoms with Crippen molar-refractivity contribution in [2.24, 2.45) is 0 Å². The van der Waals surface area contributed by atoms with E-state index in [1.807, 2.05) is 6.92 Å². The predicted octanol–water partition coefficient (Wildman–Crippen LogP) is 1.38. The third-order valence-electron chi connectivity index (χ3n) is 2.99. The van der Waals surface area contributed by atoms with E-state index in [2.05, 4.69) is 5.32 Å². The second-order valence-corrected chi connectivity index (χ2v) is 4.42. The van der Waals surface area contributed by atoms with Crippen LogP contribution < -0.4 is 5.32 Å². The Morgan fingerprint density at radius 2 is 2.05 bits per heavy atom. The second kappa shape index (κ2) is 8.97. The fraction of sp³-hybridized carbons (Fsp3) is 0.571. The molecule has 0 fully saturated rings. The molecule has 0 amide bonds. The monoisotopic (exact) mass is 289 g/mol. The summed E-state index contributed by atoms with van der Waals surface area (Å²) in [5.41, 5.74) is -0.0550. The van der Waals surface area contributed by atoms with Gasteiger partial charge in [-0.2, -0.15) is 0 Å². The van der Waals surface area contributed by atoms with E-state index in [0.29, 0.717) is 19.6 Å². The van der Waals surface area contributed by atoms with E-state index in [9.17, 15) is 13.9 Å². The van der Waals surface area contributed by atoms with Crippen molar-refractivity contribution in [1.82, 2.24) is 5.32 Å². The molecule has 0 aliphatic heterocycles. The average molecular weight is 289 g/mol. The maximum absolute atomic E-state index is 13.6. The van der Waals surface area contributed by atoms with Gasteiger partial charge in [0.15, 0.2) is 0 Å². The van der Waals surface area contributed by atoms with Gasteiger partial charge in [0, 0.05) is 18.2 Å². The van der Waals surface area contributed by atoms with Gasteiger partial charge in [0.25, 0.3) is 0 Å². The van der Waals surface area contributed by atoms with Gasteiger partial charge in [-0.3, -0.25) is 0 Å². The minimum absolute atomic E-state index is 0.0473. The Balaban J connectivity index is 2.57. The first kappa shape index (κ1) is 17.0. The number of rotatable bonds is 9. The topological polar surface area (TPSA) is 61.7 Å². The fourth-order valence-corrected chi connectivity index (χ4v) is 1.92. The van der Waals surface area contributed by atoms with Crippen LogP contribution in [0.25, 0.3) is 0 Å². The molecule has 6 heteroatoms. The maximum Gasteiger partial charge on any atom is 0.129 e. The average Bonchev–Trinajstić information content (AvgIpc) is 2.45. The van der Waals surface area contributed by atoms with E-state index < -0.39 is 23.8 Å². The van der Waals surface area contributed by atoms with E-state index in [4.69, 9.17) is 9.84 Å². The number of aliphatic hydroxyl groups is 2. The lowest BCUT2D eigenvalue weighted by Crippen LogP contribution is -2.37. The van der Waals surface area contributed by atoms with Gasteiger partial charge in [-0.25, -0.2) is 8.78 Å². The van der Waals surface area contributed by atoms with Crippen LogP contribution in [0.3, 0.4) is 0 Å². The summed E-state index contributed by atoms with van der Waals surface area (Å²) >= 11 is 0. The second-order valence-electron chi connectivity index (χ2n) is 4.42. The van der Waals surface area contributed by atoms with E-state index in [0.717, 1.165) is 18.2 Å². The van der Waals surface area contributed by atoms with Crippen LogP contribution in [0.5, 0.6) is 0 Å². The quantitative estimate of drug-likeness (QED) is 0.601. The Labute approximate surface area is 117 Å². The zero-order chi connectivity index (χ0) is 15.0. The van der Waals surface area contributed by atoms with Crippen LogP contribution in [-0.4, -0.2) is 42.6 Å². The van der Waals surface area contributed by atoms with Crippen LogP contribution >= 0.6 is 0 Å². The molecule has 0 saturated heterocycles. The highest BCUT2D eigenvalue weighted by atomic mass is 19.1. The summed E-state index contributed by atoms with van der Waals surface area (Å²) < 4.78 is 31.8. The Hall–Kier alpha value is -1.08. The number of ether oxygens (including phenoxy) is 1. The maximum atomic E-state index is 13.6. The molecule has 114 valence electrons. The van der Waals surface area contributed by atoms with E-state index in [1.165, 1.54) is 0 Å². The standard InChI is InChI=1S/C14H21F2NO3/c1-2-13(17-5-7-20-8-6-18)14(19)11-9-10(15)3-4-12(11)16/h3-4,9,13-14,17-19H,2,5-8H2,1H3. The van der Waals surface area contributed by atoms with Gasteiger partial charge in [-0.05, 0) is 24.6 Å². The van der Waals surface area contributed by atoms with E-state index in [-0.39, 0.29) is 18.8 Å². The first-order valence-electron chi connectivity index (χ1n) is 6.65. The van der Waals surface area contributed by atoms with E-state index >= 15 is 0 Å². The van der Waals surface area contributed by atoms with Crippen LogP contribution in [0, 0.1) is 11.6 Å². The minimum Gasteiger partial charge on any atom is -0.394 e. The van der Waals surface area contributed by atoms with Gasteiger partial charge in [0.05, 0.1) is 25.9 Å². The van der Waals surface area contributed by atoms with Crippen molar-refractivity contribution in [3.63, 3.8) is 0 Å². The molecule has 1 rings (SSSR count). The van der Waals surface area contributed by atoms with Crippen LogP contribution in [0.1, 0.15) is 25.0 Å². The highest BCUT2D eigenvalue weighted by Gasteiger charge is 2.22. The number of benzene rings is 1. The summed E-state index contributed by atoms with van der Waals surface area (Å²) in [6, 6.07) is 2.63. The third kappa shape index (κ3) is 5.13. The molecule has 0 radical (unpaired) electrons. The molecule has 0 aliphatic rings. The lowest BCUT2D eigenvalue weighted by atomic mass is 9.99. The Kier molecular flexibility index (Phi) is 7.61. The van der Waals surface area contributed by atoms with Crippen molar-refractivity contribution in [2.75, 3.05) is 26.4 Å². The molecule has 0 heterocycles. The van der Waals surface area contributed by atoms with Gasteiger partial charge in [-0.15, -0.1) is 0 Å². The Morgan fingerprint density at radius 1 is 1.30 bits per heavy atom. The molecule has 20 heavy (non-hydrogen) atoms. The normalized spacial score (nSPS) is 14.2. The van der Waals surface area contributed by atoms with Crippen LogP contribution in [0.15, 0.2) is 18.2 Å². The molecule has 2 unspecified atom stereocenters. The summed E-state index contributed by atoms with van der Waals surface area (Å²) in [5, 5.41) is 21.7. The lowest BCUT2D eigenvalue weighted by molar-refractivity contribution is 0.0816. The summed E-state index contributed by atoms with van der Waals surface area (Å²) in [4.78, 5) is 0. The molecule has 3 N–H and O–H groups in total. The zero-order valence-electron chi connectivity index (χ0n) is 11.5. The molecule has 0 bridgehead atoms. The van der Waals surface area contributed by atoms with Gasteiger partial charge >= 0.3 is 0 Å². The highest BCUT2D eigenvalue weighted by Crippen LogP contribution is 2.22. The Morgan fingerprint density at radius 3 is 2.70 bits per heavy atom. The molecule has 0 spiro atoms. The molecule has 4 nitrogen and oxygen atoms in total. The van der Waals surface area contributed by atoms with Gasteiger partial charge in [-0.1, -0.05) is 6.92 Å². The van der Waals surface area contributed by atoms with Crippen LogP contribution in [0.2, 0.25) is 0 Å². The minimum atomic E-state index is -1.13. The summed E-state index contributed by atoms with van der Waals surface area (Å²) in [6.07, 6.45) is -0.578. The van der Waals surface area contributed by atoms with Crippen molar-refractivity contribution >= 4 is 0 Å². The summed E-state index contributed by atoms with van der Waals surface area (Å²) in [5.74, 6) is -1.21. The highest BCUT2D eigenvalue weighted by molar-refractivity contribution is 5.22. The number of aliphatic hydroxyl groups excluding tert-OH is 2. The number of hydrogen-bond acceptors (Lipinski definition) is 4. The van der Waals surface area contributed by atoms with Crippen LogP contribution in [-0.2, 0) is 4.74 Å². The number of nitrogens with one attached hydrogen (secondary N) is 1. The Bertz CT molecular complexity index is 404. The van der Waals surface area contributed by atoms with Gasteiger partial charge in [0.2, 0.25) is 0 Å². The molecule has 1 aromatic carbocycles. The molecule has 1 aromatic rings. The smallest absolute Gasteiger partial charge is 0.129 e. The number of halogens is 2. The third-order valence-corrected chi connectivity index (χ3v) is 2.99. The van der Waals surface area contributed by atoms with E-state index in [1.54, 1.807) is 0 Å². The summed E-state index contributed by atoms with van der Waals surface area (Å²) in [7, 11) is 0. The van der Waals surface area contributed by atoms with Crippen molar-refractivity contribution in [3.8, 4) is 0 Å². The number of hydrogen-bond donors (Lipinski definition) is 3. The molecule has 0 saturated carbocycles. The molecule has 0 aromatic heterocycles.